The van der Waals surface area contributed by atoms with Crippen molar-refractivity contribution in [2.75, 3.05) is 10.8 Å². The summed E-state index contributed by atoms with van der Waals surface area (Å²) in [5, 5.41) is 6.69. The Morgan fingerprint density at radius 2 is 2.39 bits per heavy atom. The fraction of sp³-hybridized carbons (Fsp3) is 0.273. The Morgan fingerprint density at radius 1 is 1.61 bits per heavy atom. The van der Waals surface area contributed by atoms with Crippen LogP contribution in [0.4, 0.5) is 15.0 Å². The average molecular weight is 269 g/mol. The molecule has 0 spiro atoms. The second kappa shape index (κ2) is 5.26. The van der Waals surface area contributed by atoms with E-state index < -0.39 is 11.8 Å². The first-order chi connectivity index (χ1) is 8.65. The summed E-state index contributed by atoms with van der Waals surface area (Å²) < 4.78 is 19.2. The zero-order valence-corrected chi connectivity index (χ0v) is 10.6. The molecule has 0 unspecified atom stereocenters. The van der Waals surface area contributed by atoms with Crippen molar-refractivity contribution in [1.82, 2.24) is 10.5 Å². The van der Waals surface area contributed by atoms with E-state index in [4.69, 9.17) is 4.52 Å². The van der Waals surface area contributed by atoms with Gasteiger partial charge >= 0.3 is 6.03 Å². The van der Waals surface area contributed by atoms with Gasteiger partial charge in [-0.2, -0.15) is 0 Å². The van der Waals surface area contributed by atoms with Gasteiger partial charge in [0.05, 0.1) is 5.39 Å². The highest BCUT2D eigenvalue weighted by Gasteiger charge is 2.20. The predicted molar refractivity (Wildman–Crippen MR) is 69.1 cm³/mol. The van der Waals surface area contributed by atoms with Gasteiger partial charge in [0.2, 0.25) is 5.58 Å². The predicted octanol–water partition coefficient (Wildman–Crippen LogP) is 2.74. The number of anilines is 1. The lowest BCUT2D eigenvalue weighted by Gasteiger charge is -2.12. The Kier molecular flexibility index (Phi) is 3.71. The zero-order chi connectivity index (χ0) is 13.1. The van der Waals surface area contributed by atoms with Crippen LogP contribution in [0.2, 0.25) is 0 Å². The number of thiol groups is 1. The molecule has 96 valence electrons. The van der Waals surface area contributed by atoms with Crippen LogP contribution in [0.25, 0.3) is 11.0 Å². The molecule has 0 atom stereocenters. The van der Waals surface area contributed by atoms with Gasteiger partial charge in [0.25, 0.3) is 0 Å². The summed E-state index contributed by atoms with van der Waals surface area (Å²) in [5.41, 5.74) is 0.00911. The number of aromatic nitrogens is 1. The number of rotatable bonds is 3. The lowest BCUT2D eigenvalue weighted by molar-refractivity contribution is 0.249. The van der Waals surface area contributed by atoms with Gasteiger partial charge in [-0.25, -0.2) is 13.5 Å². The van der Waals surface area contributed by atoms with E-state index in [0.717, 1.165) is 10.7 Å². The van der Waals surface area contributed by atoms with Gasteiger partial charge in [-0.05, 0) is 18.6 Å². The standard InChI is InChI=1S/C11H12FN3O2S/c1-2-6-13-11(16)15(18)10-7-4-3-5-8(12)9(7)17-14-10/h3-5,18H,2,6H2,1H3,(H,13,16). The number of fused-ring (bicyclic) bond motifs is 1. The van der Waals surface area contributed by atoms with Gasteiger partial charge < -0.3 is 9.84 Å². The van der Waals surface area contributed by atoms with Crippen molar-refractivity contribution in [3.8, 4) is 0 Å². The van der Waals surface area contributed by atoms with Gasteiger partial charge in [-0.15, -0.1) is 0 Å². The van der Waals surface area contributed by atoms with Crippen molar-refractivity contribution in [3.63, 3.8) is 0 Å². The molecular formula is C11H12FN3O2S. The minimum Gasteiger partial charge on any atom is -0.351 e. The number of halogens is 1. The third-order valence-corrected chi connectivity index (χ3v) is 2.72. The molecule has 1 heterocycles. The molecule has 0 saturated heterocycles. The largest absolute Gasteiger partial charge is 0.351 e. The second-order valence-electron chi connectivity index (χ2n) is 3.67. The smallest absolute Gasteiger partial charge is 0.333 e. The number of para-hydroxylation sites is 1. The molecule has 0 radical (unpaired) electrons. The van der Waals surface area contributed by atoms with Gasteiger partial charge in [0, 0.05) is 6.54 Å². The first kappa shape index (κ1) is 12.7. The topological polar surface area (TPSA) is 58.4 Å². The quantitative estimate of drug-likeness (QED) is 0.842. The van der Waals surface area contributed by atoms with Crippen LogP contribution in [-0.4, -0.2) is 17.7 Å². The lowest BCUT2D eigenvalue weighted by atomic mass is 10.2. The Bertz CT molecular complexity index is 572. The summed E-state index contributed by atoms with van der Waals surface area (Å²) in [6.07, 6.45) is 0.807. The van der Waals surface area contributed by atoms with Crippen molar-refractivity contribution in [2.24, 2.45) is 0 Å². The van der Waals surface area contributed by atoms with Gasteiger partial charge in [0.15, 0.2) is 11.6 Å². The molecule has 2 amide bonds. The number of hydrogen-bond acceptors (Lipinski definition) is 4. The van der Waals surface area contributed by atoms with E-state index in [-0.39, 0.29) is 11.4 Å². The third kappa shape index (κ3) is 2.26. The Morgan fingerprint density at radius 3 is 3.11 bits per heavy atom. The third-order valence-electron chi connectivity index (χ3n) is 2.35. The fourth-order valence-corrected chi connectivity index (χ4v) is 1.69. The molecule has 0 fully saturated rings. The van der Waals surface area contributed by atoms with E-state index in [0.29, 0.717) is 11.9 Å². The minimum atomic E-state index is -0.526. The summed E-state index contributed by atoms with van der Waals surface area (Å²) in [7, 11) is 0. The van der Waals surface area contributed by atoms with Crippen molar-refractivity contribution < 1.29 is 13.7 Å². The molecule has 1 aromatic carbocycles. The highest BCUT2D eigenvalue weighted by molar-refractivity contribution is 7.82. The van der Waals surface area contributed by atoms with Crippen molar-refractivity contribution >= 4 is 35.6 Å². The monoisotopic (exact) mass is 269 g/mol. The maximum atomic E-state index is 13.4. The summed E-state index contributed by atoms with van der Waals surface area (Å²) in [6.45, 7) is 2.46. The van der Waals surface area contributed by atoms with Crippen LogP contribution in [0, 0.1) is 5.82 Å². The van der Waals surface area contributed by atoms with Crippen LogP contribution >= 0.6 is 12.8 Å². The number of carbonyl (C=O) groups is 1. The minimum absolute atomic E-state index is 0.00911. The molecule has 0 aliphatic heterocycles. The van der Waals surface area contributed by atoms with E-state index in [1.165, 1.54) is 12.1 Å². The van der Waals surface area contributed by atoms with Gasteiger partial charge in [-0.1, -0.05) is 31.0 Å². The maximum Gasteiger partial charge on any atom is 0.333 e. The molecule has 2 aromatic rings. The van der Waals surface area contributed by atoms with Gasteiger partial charge in [0.1, 0.15) is 0 Å². The lowest BCUT2D eigenvalue weighted by Crippen LogP contribution is -2.34. The Labute approximate surface area is 108 Å². The number of hydrogen-bond donors (Lipinski definition) is 2. The second-order valence-corrected chi connectivity index (χ2v) is 4.07. The van der Waals surface area contributed by atoms with Crippen molar-refractivity contribution in [1.29, 1.82) is 0 Å². The summed E-state index contributed by atoms with van der Waals surface area (Å²) in [5.74, 6) is -0.358. The highest BCUT2D eigenvalue weighted by atomic mass is 32.1. The number of nitrogens with one attached hydrogen (secondary N) is 1. The average Bonchev–Trinajstić information content (AvgIpc) is 2.80. The van der Waals surface area contributed by atoms with Crippen LogP contribution in [0.1, 0.15) is 13.3 Å². The van der Waals surface area contributed by atoms with Crippen LogP contribution in [-0.2, 0) is 0 Å². The van der Waals surface area contributed by atoms with E-state index in [1.54, 1.807) is 6.07 Å². The van der Waals surface area contributed by atoms with Crippen LogP contribution in [0.3, 0.4) is 0 Å². The number of benzene rings is 1. The molecule has 2 rings (SSSR count). The van der Waals surface area contributed by atoms with Crippen LogP contribution < -0.4 is 9.62 Å². The van der Waals surface area contributed by atoms with Gasteiger partial charge in [-0.3, -0.25) is 0 Å². The number of nitrogens with zero attached hydrogens (tertiary/aromatic N) is 2. The molecule has 18 heavy (non-hydrogen) atoms. The normalized spacial score (nSPS) is 10.6. The molecule has 1 N–H and O–H groups in total. The Balaban J connectivity index is 2.31. The maximum absolute atomic E-state index is 13.4. The molecule has 0 bridgehead atoms. The molecule has 0 aliphatic rings. The first-order valence-corrected chi connectivity index (χ1v) is 5.86. The fourth-order valence-electron chi connectivity index (χ4n) is 1.47. The Hall–Kier alpha value is -1.76. The number of amides is 2. The molecule has 0 saturated carbocycles. The summed E-state index contributed by atoms with van der Waals surface area (Å²) in [6, 6.07) is 3.96. The highest BCUT2D eigenvalue weighted by Crippen LogP contribution is 2.28. The molecule has 7 heteroatoms. The van der Waals surface area contributed by atoms with Crippen LogP contribution in [0.5, 0.6) is 0 Å². The zero-order valence-electron chi connectivity index (χ0n) is 9.68. The van der Waals surface area contributed by atoms with E-state index in [9.17, 15) is 9.18 Å². The van der Waals surface area contributed by atoms with Crippen molar-refractivity contribution in [2.45, 2.75) is 13.3 Å². The number of carbonyl (C=O) groups excluding carboxylic acids is 1. The summed E-state index contributed by atoms with van der Waals surface area (Å²) in [4.78, 5) is 11.7. The number of urea groups is 1. The van der Waals surface area contributed by atoms with E-state index in [2.05, 4.69) is 23.3 Å². The molecular weight excluding hydrogens is 257 g/mol. The molecule has 0 aliphatic carbocycles. The van der Waals surface area contributed by atoms with E-state index in [1.807, 2.05) is 6.92 Å². The SMILES string of the molecule is CCCNC(=O)N(S)c1noc2c(F)cccc12. The van der Waals surface area contributed by atoms with E-state index >= 15 is 0 Å². The summed E-state index contributed by atoms with van der Waals surface area (Å²) >= 11 is 4.04. The molecule has 5 nitrogen and oxygen atoms in total. The van der Waals surface area contributed by atoms with Crippen molar-refractivity contribution in [3.05, 3.63) is 24.0 Å². The first-order valence-electron chi connectivity index (χ1n) is 5.46. The van der Waals surface area contributed by atoms with Crippen LogP contribution in [0.15, 0.2) is 22.7 Å². The molecule has 1 aromatic heterocycles.